The van der Waals surface area contributed by atoms with Gasteiger partial charge in [0, 0.05) is 31.3 Å². The minimum absolute atomic E-state index is 0.0517. The average molecular weight is 517 g/mol. The van der Waals surface area contributed by atoms with Crippen LogP contribution in [0.15, 0.2) is 47.4 Å². The van der Waals surface area contributed by atoms with Gasteiger partial charge in [0.05, 0.1) is 22.9 Å². The Morgan fingerprint density at radius 3 is 2.50 bits per heavy atom. The van der Waals surface area contributed by atoms with E-state index in [4.69, 9.17) is 5.26 Å². The highest BCUT2D eigenvalue weighted by Gasteiger charge is 2.38. The summed E-state index contributed by atoms with van der Waals surface area (Å²) >= 11 is 0. The van der Waals surface area contributed by atoms with E-state index in [0.29, 0.717) is 31.4 Å². The Morgan fingerprint density at radius 2 is 1.86 bits per heavy atom. The number of carbonyl (C=O) groups excluding carboxylic acids is 2. The molecule has 36 heavy (non-hydrogen) atoms. The summed E-state index contributed by atoms with van der Waals surface area (Å²) in [6, 6.07) is 9.33. The maximum absolute atomic E-state index is 13.7. The average Bonchev–Trinajstić information content (AvgIpc) is 3.30. The van der Waals surface area contributed by atoms with Gasteiger partial charge < -0.3 is 10.2 Å². The Hall–Kier alpha value is -3.36. The Bertz CT molecular complexity index is 1300. The lowest BCUT2D eigenvalue weighted by Crippen LogP contribution is -2.49. The smallest absolute Gasteiger partial charge is 0.254 e. The van der Waals surface area contributed by atoms with Gasteiger partial charge in [-0.3, -0.25) is 9.59 Å². The molecule has 2 aromatic rings. The van der Waals surface area contributed by atoms with Crippen LogP contribution in [0.25, 0.3) is 0 Å². The van der Waals surface area contributed by atoms with Gasteiger partial charge in [-0.2, -0.15) is 9.57 Å². The van der Waals surface area contributed by atoms with Crippen LogP contribution < -0.4 is 5.32 Å². The van der Waals surface area contributed by atoms with Crippen LogP contribution >= 0.6 is 0 Å². The fourth-order valence-corrected chi connectivity index (χ4v) is 6.15. The number of amides is 2. The van der Waals surface area contributed by atoms with Gasteiger partial charge in [0.25, 0.3) is 5.91 Å². The third-order valence-electron chi connectivity index (χ3n) is 6.58. The minimum atomic E-state index is -3.84. The van der Waals surface area contributed by atoms with Crippen molar-refractivity contribution in [2.24, 2.45) is 5.92 Å². The van der Waals surface area contributed by atoms with E-state index in [-0.39, 0.29) is 29.5 Å². The molecule has 0 radical (unpaired) electrons. The number of hydrogen-bond acceptors (Lipinski definition) is 5. The molecule has 2 saturated heterocycles. The molecule has 2 aliphatic heterocycles. The lowest BCUT2D eigenvalue weighted by atomic mass is 10.0. The van der Waals surface area contributed by atoms with Gasteiger partial charge in [-0.25, -0.2) is 17.2 Å². The number of rotatable bonds is 7. The molecule has 0 aliphatic carbocycles. The number of nitriles is 1. The van der Waals surface area contributed by atoms with Crippen LogP contribution in [0.5, 0.6) is 0 Å². The van der Waals surface area contributed by atoms with Crippen LogP contribution in [0.2, 0.25) is 0 Å². The van der Waals surface area contributed by atoms with Crippen molar-refractivity contribution < 1.29 is 26.8 Å². The van der Waals surface area contributed by atoms with Crippen molar-refractivity contribution >= 4 is 21.8 Å². The van der Waals surface area contributed by atoms with E-state index < -0.39 is 45.6 Å². The molecule has 0 spiro atoms. The van der Waals surface area contributed by atoms with Crippen molar-refractivity contribution in [2.75, 3.05) is 19.6 Å². The molecule has 2 amide bonds. The monoisotopic (exact) mass is 516 g/mol. The molecule has 8 nitrogen and oxygen atoms in total. The first-order valence-corrected chi connectivity index (χ1v) is 13.1. The van der Waals surface area contributed by atoms with Gasteiger partial charge in [0.1, 0.15) is 17.7 Å². The maximum atomic E-state index is 13.7. The predicted octanol–water partition coefficient (Wildman–Crippen LogP) is 2.98. The molecule has 0 bridgehead atoms. The summed E-state index contributed by atoms with van der Waals surface area (Å²) in [5, 5.41) is 11.7. The van der Waals surface area contributed by atoms with Gasteiger partial charge in [0.15, 0.2) is 0 Å². The summed E-state index contributed by atoms with van der Waals surface area (Å²) in [5.41, 5.74) is 0.425. The van der Waals surface area contributed by atoms with E-state index in [2.05, 4.69) is 5.32 Å². The summed E-state index contributed by atoms with van der Waals surface area (Å²) < 4.78 is 54.3. The molecule has 1 N–H and O–H groups in total. The summed E-state index contributed by atoms with van der Waals surface area (Å²) in [6.45, 7) is 2.31. The molecule has 0 saturated carbocycles. The minimum Gasteiger partial charge on any atom is -0.348 e. The highest BCUT2D eigenvalue weighted by atomic mass is 32.2. The van der Waals surface area contributed by atoms with Gasteiger partial charge in [-0.1, -0.05) is 13.0 Å². The van der Waals surface area contributed by atoms with Crippen LogP contribution in [0.3, 0.4) is 0 Å². The first-order chi connectivity index (χ1) is 17.1. The second-order valence-corrected chi connectivity index (χ2v) is 10.9. The van der Waals surface area contributed by atoms with Crippen LogP contribution in [0.4, 0.5) is 8.78 Å². The van der Waals surface area contributed by atoms with Crippen molar-refractivity contribution in [1.29, 1.82) is 5.26 Å². The number of nitrogens with one attached hydrogen (secondary N) is 1. The quantitative estimate of drug-likeness (QED) is 0.608. The highest BCUT2D eigenvalue weighted by Crippen LogP contribution is 2.27. The maximum Gasteiger partial charge on any atom is 0.254 e. The summed E-state index contributed by atoms with van der Waals surface area (Å²) in [6.07, 6.45) is 1.38. The van der Waals surface area contributed by atoms with E-state index in [1.807, 2.05) is 6.07 Å². The first kappa shape index (κ1) is 25.7. The lowest BCUT2D eigenvalue weighted by molar-refractivity contribution is -0.125. The predicted molar refractivity (Wildman–Crippen MR) is 126 cm³/mol. The number of benzene rings is 2. The summed E-state index contributed by atoms with van der Waals surface area (Å²) in [4.78, 5) is 27.8. The molecule has 2 heterocycles. The second-order valence-electron chi connectivity index (χ2n) is 9.00. The molecule has 11 heteroatoms. The third-order valence-corrected chi connectivity index (χ3v) is 8.41. The van der Waals surface area contributed by atoms with Crippen LogP contribution in [-0.4, -0.2) is 55.1 Å². The number of halogens is 2. The zero-order chi connectivity index (χ0) is 26.0. The summed E-state index contributed by atoms with van der Waals surface area (Å²) in [5.74, 6) is -2.75. The standard InChI is InChI=1S/C25H26F2N4O4S/c1-2-22(18-9-19(26)12-20(27)10-18)29-24(32)23-7-4-8-31(23)25(33)17-5-3-6-21(11-17)36(34,35)30-14-16(13-28)15-30/h3,5-6,9-12,16,22-23H,2,4,7-8,14-15H2,1H3,(H,29,32)/t22-,23-/m1/s1. The van der Waals surface area contributed by atoms with Gasteiger partial charge >= 0.3 is 0 Å². The zero-order valence-electron chi connectivity index (χ0n) is 19.7. The van der Waals surface area contributed by atoms with Crippen molar-refractivity contribution in [1.82, 2.24) is 14.5 Å². The van der Waals surface area contributed by atoms with E-state index in [9.17, 15) is 26.8 Å². The Labute approximate surface area is 208 Å². The lowest BCUT2D eigenvalue weighted by Gasteiger charge is -2.34. The van der Waals surface area contributed by atoms with Gasteiger partial charge in [0.2, 0.25) is 15.9 Å². The molecule has 4 rings (SSSR count). The summed E-state index contributed by atoms with van der Waals surface area (Å²) in [7, 11) is -3.84. The third kappa shape index (κ3) is 5.10. The second kappa shape index (κ2) is 10.3. The number of nitrogens with zero attached hydrogens (tertiary/aromatic N) is 3. The van der Waals surface area contributed by atoms with E-state index in [0.717, 1.165) is 18.2 Å². The Kier molecular flexibility index (Phi) is 7.38. The molecule has 0 aromatic heterocycles. The van der Waals surface area contributed by atoms with Crippen LogP contribution in [0, 0.1) is 28.9 Å². The van der Waals surface area contributed by atoms with Crippen LogP contribution in [-0.2, 0) is 14.8 Å². The van der Waals surface area contributed by atoms with Crippen molar-refractivity contribution in [3.05, 3.63) is 65.2 Å². The molecule has 2 atom stereocenters. The molecular weight excluding hydrogens is 490 g/mol. The number of carbonyl (C=O) groups is 2. The largest absolute Gasteiger partial charge is 0.348 e. The van der Waals surface area contributed by atoms with Crippen LogP contribution in [0.1, 0.15) is 48.1 Å². The topological polar surface area (TPSA) is 111 Å². The highest BCUT2D eigenvalue weighted by molar-refractivity contribution is 7.89. The van der Waals surface area contributed by atoms with Gasteiger partial charge in [-0.15, -0.1) is 0 Å². The molecule has 190 valence electrons. The Balaban J connectivity index is 1.50. The molecule has 2 fully saturated rings. The van der Waals surface area contributed by atoms with Gasteiger partial charge in [-0.05, 0) is 55.2 Å². The first-order valence-electron chi connectivity index (χ1n) is 11.7. The number of hydrogen-bond donors (Lipinski definition) is 1. The normalized spacial score (nSPS) is 19.4. The number of likely N-dealkylation sites (tertiary alicyclic amines) is 1. The number of sulfonamides is 1. The van der Waals surface area contributed by atoms with E-state index in [1.54, 1.807) is 6.92 Å². The molecular formula is C25H26F2N4O4S. The molecule has 2 aromatic carbocycles. The SMILES string of the molecule is CC[C@@H](NC(=O)[C@H]1CCCN1C(=O)c1cccc(S(=O)(=O)N2CC(C#N)C2)c1)c1cc(F)cc(F)c1. The molecule has 2 aliphatic rings. The Morgan fingerprint density at radius 1 is 1.17 bits per heavy atom. The fraction of sp³-hybridized carbons (Fsp3) is 0.400. The fourth-order valence-electron chi connectivity index (χ4n) is 4.57. The van der Waals surface area contributed by atoms with E-state index in [1.165, 1.54) is 33.5 Å². The van der Waals surface area contributed by atoms with Crippen molar-refractivity contribution in [3.63, 3.8) is 0 Å². The van der Waals surface area contributed by atoms with Crippen molar-refractivity contribution in [2.45, 2.75) is 43.2 Å². The van der Waals surface area contributed by atoms with E-state index >= 15 is 0 Å². The molecule has 0 unspecified atom stereocenters. The zero-order valence-corrected chi connectivity index (χ0v) is 20.5. The van der Waals surface area contributed by atoms with Crippen molar-refractivity contribution in [3.8, 4) is 6.07 Å².